The first-order valence-corrected chi connectivity index (χ1v) is 10.3. The van der Waals surface area contributed by atoms with E-state index in [9.17, 15) is 27.2 Å². The number of nitrogens with one attached hydrogen (secondary N) is 2. The molecule has 0 saturated carbocycles. The van der Waals surface area contributed by atoms with Gasteiger partial charge in [0.2, 0.25) is 5.91 Å². The molecule has 10 heteroatoms. The van der Waals surface area contributed by atoms with Gasteiger partial charge in [0.25, 0.3) is 5.91 Å². The number of alkyl halides is 3. The van der Waals surface area contributed by atoms with Crippen LogP contribution < -0.4 is 10.7 Å². The summed E-state index contributed by atoms with van der Waals surface area (Å²) in [5, 5.41) is 7.31. The van der Waals surface area contributed by atoms with E-state index in [1.165, 1.54) is 36.5 Å². The summed E-state index contributed by atoms with van der Waals surface area (Å²) in [5.74, 6) is -1.54. The van der Waals surface area contributed by atoms with Crippen molar-refractivity contribution in [1.82, 2.24) is 9.99 Å². The van der Waals surface area contributed by atoms with Crippen molar-refractivity contribution >= 4 is 34.6 Å². The van der Waals surface area contributed by atoms with Crippen molar-refractivity contribution in [1.29, 1.82) is 0 Å². The summed E-state index contributed by atoms with van der Waals surface area (Å²) in [6.07, 6.45) is -1.55. The van der Waals surface area contributed by atoms with E-state index in [2.05, 4.69) is 15.8 Å². The van der Waals surface area contributed by atoms with Crippen LogP contribution in [0.15, 0.2) is 84.1 Å². The molecule has 0 aliphatic rings. The number of fused-ring (bicyclic) bond motifs is 1. The average molecular weight is 482 g/mol. The molecule has 6 nitrogen and oxygen atoms in total. The zero-order chi connectivity index (χ0) is 25.0. The van der Waals surface area contributed by atoms with Crippen LogP contribution in [-0.4, -0.2) is 22.6 Å². The Labute approximate surface area is 196 Å². The number of hydrogen-bond donors (Lipinski definition) is 2. The highest BCUT2D eigenvalue weighted by atomic mass is 19.4. The number of halogens is 4. The number of nitrogens with zero attached hydrogens (tertiary/aromatic N) is 2. The van der Waals surface area contributed by atoms with E-state index in [0.29, 0.717) is 11.3 Å². The van der Waals surface area contributed by atoms with Gasteiger partial charge in [-0.1, -0.05) is 24.3 Å². The highest BCUT2D eigenvalue weighted by Gasteiger charge is 2.30. The average Bonchev–Trinajstić information content (AvgIpc) is 3.17. The van der Waals surface area contributed by atoms with E-state index >= 15 is 0 Å². The third kappa shape index (κ3) is 5.72. The summed E-state index contributed by atoms with van der Waals surface area (Å²) in [4.78, 5) is 24.7. The Hall–Kier alpha value is -4.47. The van der Waals surface area contributed by atoms with E-state index < -0.39 is 23.5 Å². The lowest BCUT2D eigenvalue weighted by atomic mass is 10.1. The molecule has 0 radical (unpaired) electrons. The van der Waals surface area contributed by atoms with Crippen LogP contribution in [0.3, 0.4) is 0 Å². The lowest BCUT2D eigenvalue weighted by Crippen LogP contribution is -2.18. The molecule has 4 rings (SSSR count). The van der Waals surface area contributed by atoms with Crippen molar-refractivity contribution in [3.05, 3.63) is 102 Å². The summed E-state index contributed by atoms with van der Waals surface area (Å²) in [6.45, 7) is -0.0394. The molecule has 1 aromatic heterocycles. The maximum Gasteiger partial charge on any atom is 0.416 e. The fourth-order valence-electron chi connectivity index (χ4n) is 3.46. The molecule has 3 aromatic carbocycles. The second kappa shape index (κ2) is 9.80. The van der Waals surface area contributed by atoms with E-state index in [1.807, 2.05) is 0 Å². The van der Waals surface area contributed by atoms with Crippen LogP contribution >= 0.6 is 0 Å². The number of carbonyl (C=O) groups is 2. The van der Waals surface area contributed by atoms with Gasteiger partial charge >= 0.3 is 6.18 Å². The van der Waals surface area contributed by atoms with Gasteiger partial charge in [0.1, 0.15) is 12.4 Å². The summed E-state index contributed by atoms with van der Waals surface area (Å²) >= 11 is 0. The van der Waals surface area contributed by atoms with Crippen LogP contribution in [0.4, 0.5) is 23.2 Å². The molecule has 0 aliphatic carbocycles. The molecule has 0 atom stereocenters. The minimum Gasteiger partial charge on any atom is -0.337 e. The molecule has 0 unspecified atom stereocenters. The molecule has 178 valence electrons. The second-order valence-electron chi connectivity index (χ2n) is 7.56. The van der Waals surface area contributed by atoms with Gasteiger partial charge in [-0.25, -0.2) is 9.82 Å². The highest BCUT2D eigenvalue weighted by molar-refractivity contribution is 6.01. The maximum atomic E-state index is 13.1. The minimum atomic E-state index is -4.57. The van der Waals surface area contributed by atoms with Gasteiger partial charge in [-0.15, -0.1) is 0 Å². The van der Waals surface area contributed by atoms with E-state index in [-0.39, 0.29) is 18.0 Å². The second-order valence-corrected chi connectivity index (χ2v) is 7.56. The van der Waals surface area contributed by atoms with Gasteiger partial charge in [0.05, 0.1) is 11.8 Å². The molecule has 0 spiro atoms. The Morgan fingerprint density at radius 1 is 0.971 bits per heavy atom. The number of hydrogen-bond acceptors (Lipinski definition) is 3. The summed E-state index contributed by atoms with van der Waals surface area (Å²) in [7, 11) is 0. The first-order valence-electron chi connectivity index (χ1n) is 10.3. The van der Waals surface area contributed by atoms with Crippen LogP contribution in [-0.2, 0) is 17.5 Å². The molecule has 0 saturated heterocycles. The van der Waals surface area contributed by atoms with Gasteiger partial charge in [0, 0.05) is 33.9 Å². The zero-order valence-corrected chi connectivity index (χ0v) is 18.0. The Bertz CT molecular complexity index is 1410. The van der Waals surface area contributed by atoms with Gasteiger partial charge < -0.3 is 9.88 Å². The number of rotatable bonds is 6. The van der Waals surface area contributed by atoms with Crippen LogP contribution in [0.1, 0.15) is 21.5 Å². The third-order valence-electron chi connectivity index (χ3n) is 5.08. The zero-order valence-electron chi connectivity index (χ0n) is 18.0. The van der Waals surface area contributed by atoms with Crippen molar-refractivity contribution in [3.63, 3.8) is 0 Å². The summed E-state index contributed by atoms with van der Waals surface area (Å²) in [6, 6.07) is 16.6. The quantitative estimate of drug-likeness (QED) is 0.225. The Morgan fingerprint density at radius 2 is 1.71 bits per heavy atom. The SMILES string of the molecule is O=C(Cn1cc(/C=N\NC(=O)c2cccc(C(F)(F)F)c2)c2ccccc21)Nc1ccc(F)cc1. The van der Waals surface area contributed by atoms with Crippen molar-refractivity contribution < 1.29 is 27.2 Å². The van der Waals surface area contributed by atoms with E-state index in [1.54, 1.807) is 35.0 Å². The first kappa shape index (κ1) is 23.7. The molecular weight excluding hydrogens is 464 g/mol. The molecule has 0 aliphatic heterocycles. The largest absolute Gasteiger partial charge is 0.416 e. The fourth-order valence-corrected chi connectivity index (χ4v) is 3.46. The molecule has 2 amide bonds. The Morgan fingerprint density at radius 3 is 2.46 bits per heavy atom. The predicted octanol–water partition coefficient (Wildman–Crippen LogP) is 5.20. The predicted molar refractivity (Wildman–Crippen MR) is 123 cm³/mol. The van der Waals surface area contributed by atoms with Crippen LogP contribution in [0.2, 0.25) is 0 Å². The number of carbonyl (C=O) groups excluding carboxylic acids is 2. The lowest BCUT2D eigenvalue weighted by Gasteiger charge is -2.07. The third-order valence-corrected chi connectivity index (χ3v) is 5.08. The van der Waals surface area contributed by atoms with Crippen molar-refractivity contribution in [2.45, 2.75) is 12.7 Å². The van der Waals surface area contributed by atoms with Crippen LogP contribution in [0.5, 0.6) is 0 Å². The molecule has 0 bridgehead atoms. The van der Waals surface area contributed by atoms with Gasteiger partial charge in [-0.3, -0.25) is 9.59 Å². The number of amides is 2. The van der Waals surface area contributed by atoms with Crippen LogP contribution in [0, 0.1) is 5.82 Å². The molecular formula is C25H18F4N4O2. The van der Waals surface area contributed by atoms with Crippen LogP contribution in [0.25, 0.3) is 10.9 Å². The van der Waals surface area contributed by atoms with Gasteiger partial charge in [-0.2, -0.15) is 18.3 Å². The molecule has 1 heterocycles. The van der Waals surface area contributed by atoms with Crippen molar-refractivity contribution in [2.24, 2.45) is 5.10 Å². The topological polar surface area (TPSA) is 75.5 Å². The van der Waals surface area contributed by atoms with Crippen molar-refractivity contribution in [2.75, 3.05) is 5.32 Å². The fraction of sp³-hybridized carbons (Fsp3) is 0.0800. The van der Waals surface area contributed by atoms with Crippen molar-refractivity contribution in [3.8, 4) is 0 Å². The smallest absolute Gasteiger partial charge is 0.337 e. The molecule has 35 heavy (non-hydrogen) atoms. The standard InChI is InChI=1S/C25H18F4N4O2/c26-19-8-10-20(11-9-19)31-23(34)15-33-14-17(21-6-1-2-7-22(21)33)13-30-32-24(35)16-4-3-5-18(12-16)25(27,28)29/h1-14H,15H2,(H,31,34)(H,32,35)/b30-13-. The Balaban J connectivity index is 1.48. The summed E-state index contributed by atoms with van der Waals surface area (Å²) in [5.41, 5.74) is 2.87. The first-order chi connectivity index (χ1) is 16.7. The number of hydrazone groups is 1. The lowest BCUT2D eigenvalue weighted by molar-refractivity contribution is -0.137. The molecule has 2 N–H and O–H groups in total. The number of benzene rings is 3. The Kier molecular flexibility index (Phi) is 6.63. The number of aromatic nitrogens is 1. The maximum absolute atomic E-state index is 13.1. The van der Waals surface area contributed by atoms with E-state index in [0.717, 1.165) is 29.1 Å². The monoisotopic (exact) mass is 482 g/mol. The summed E-state index contributed by atoms with van der Waals surface area (Å²) < 4.78 is 53.4. The normalized spacial score (nSPS) is 11.7. The highest BCUT2D eigenvalue weighted by Crippen LogP contribution is 2.29. The number of anilines is 1. The van der Waals surface area contributed by atoms with Gasteiger partial charge in [-0.05, 0) is 48.5 Å². The molecule has 4 aromatic rings. The van der Waals surface area contributed by atoms with Gasteiger partial charge in [0.15, 0.2) is 0 Å². The van der Waals surface area contributed by atoms with E-state index in [4.69, 9.17) is 0 Å². The minimum absolute atomic E-state index is 0.0394. The molecule has 0 fully saturated rings. The number of para-hydroxylation sites is 1.